The molecule has 0 unspecified atom stereocenters. The van der Waals surface area contributed by atoms with E-state index >= 15 is 0 Å². The summed E-state index contributed by atoms with van der Waals surface area (Å²) in [4.78, 5) is 15.8. The molecule has 1 N–H and O–H groups in total. The highest BCUT2D eigenvalue weighted by Gasteiger charge is 2.21. The van der Waals surface area contributed by atoms with E-state index in [0.717, 1.165) is 19.3 Å². The largest absolute Gasteiger partial charge is 0.355 e. The zero-order valence-corrected chi connectivity index (χ0v) is 12.5. The number of nitrogens with zero attached hydrogens (tertiary/aromatic N) is 2. The van der Waals surface area contributed by atoms with Gasteiger partial charge in [-0.2, -0.15) is 4.98 Å². The maximum atomic E-state index is 12.0. The summed E-state index contributed by atoms with van der Waals surface area (Å²) in [6.07, 6.45) is 2.52. The van der Waals surface area contributed by atoms with Gasteiger partial charge in [0.25, 0.3) is 0 Å². The lowest BCUT2D eigenvalue weighted by molar-refractivity contribution is -0.120. The molecule has 6 nitrogen and oxygen atoms in total. The molecule has 19 heavy (non-hydrogen) atoms. The predicted molar refractivity (Wildman–Crippen MR) is 72.9 cm³/mol. The van der Waals surface area contributed by atoms with Gasteiger partial charge in [0, 0.05) is 23.8 Å². The summed E-state index contributed by atoms with van der Waals surface area (Å²) in [5.74, 6) is 0.875. The number of aryl methyl sites for hydroxylation is 1. The van der Waals surface area contributed by atoms with Crippen molar-refractivity contribution in [3.8, 4) is 0 Å². The first-order valence-electron chi connectivity index (χ1n) is 6.54. The third kappa shape index (κ3) is 5.10. The zero-order valence-electron chi connectivity index (χ0n) is 11.6. The molecule has 0 spiro atoms. The molecule has 0 radical (unpaired) electrons. The Labute approximate surface area is 115 Å². The van der Waals surface area contributed by atoms with Crippen LogP contribution in [0.4, 0.5) is 0 Å². The Morgan fingerprint density at radius 2 is 2.16 bits per heavy atom. The van der Waals surface area contributed by atoms with Gasteiger partial charge < -0.3 is 9.84 Å². The maximum Gasteiger partial charge on any atom is 0.239 e. The Morgan fingerprint density at radius 3 is 2.79 bits per heavy atom. The summed E-state index contributed by atoms with van der Waals surface area (Å²) >= 11 is 0. The van der Waals surface area contributed by atoms with Gasteiger partial charge in [-0.25, -0.2) is 0 Å². The summed E-state index contributed by atoms with van der Waals surface area (Å²) in [5.41, 5.74) is 0. The molecule has 2 atom stereocenters. The summed E-state index contributed by atoms with van der Waals surface area (Å²) in [6.45, 7) is 6.23. The Bertz CT molecular complexity index is 434. The number of carbonyl (C=O) groups excluding carboxylic acids is 1. The molecule has 0 aliphatic rings. The van der Waals surface area contributed by atoms with Crippen molar-refractivity contribution in [1.29, 1.82) is 0 Å². The normalized spacial score (nSPS) is 14.1. The van der Waals surface area contributed by atoms with E-state index in [4.69, 9.17) is 4.52 Å². The highest BCUT2D eigenvalue weighted by Crippen LogP contribution is 2.07. The second kappa shape index (κ2) is 8.04. The summed E-state index contributed by atoms with van der Waals surface area (Å²) in [5, 5.41) is 5.94. The first kappa shape index (κ1) is 15.8. The van der Waals surface area contributed by atoms with Gasteiger partial charge >= 0.3 is 0 Å². The van der Waals surface area contributed by atoms with Crippen molar-refractivity contribution >= 4 is 16.7 Å². The number of carbonyl (C=O) groups is 1. The molecule has 0 aliphatic heterocycles. The number of nitrogens with one attached hydrogen (secondary N) is 1. The second-order valence-corrected chi connectivity index (χ2v) is 6.07. The number of rotatable bonds is 8. The topological polar surface area (TPSA) is 85.1 Å². The van der Waals surface area contributed by atoms with Crippen molar-refractivity contribution in [2.75, 3.05) is 6.54 Å². The van der Waals surface area contributed by atoms with Crippen LogP contribution in [0.5, 0.6) is 0 Å². The van der Waals surface area contributed by atoms with E-state index in [1.807, 2.05) is 13.8 Å². The molecule has 1 rings (SSSR count). The van der Waals surface area contributed by atoms with Gasteiger partial charge in [0.05, 0.1) is 0 Å². The molecular formula is C12H21N3O3S. The first-order valence-corrected chi connectivity index (χ1v) is 7.93. The SMILES string of the molecule is CCCNC(=O)[C@H](C)[S@@](=O)Cc1nc(CCC)no1. The number of hydrogen-bond donors (Lipinski definition) is 1. The van der Waals surface area contributed by atoms with Crippen LogP contribution in [0.25, 0.3) is 0 Å². The van der Waals surface area contributed by atoms with Crippen LogP contribution in [-0.4, -0.2) is 32.1 Å². The van der Waals surface area contributed by atoms with Gasteiger partial charge in [-0.3, -0.25) is 9.00 Å². The molecule has 0 aromatic carbocycles. The molecule has 108 valence electrons. The van der Waals surface area contributed by atoms with E-state index in [9.17, 15) is 9.00 Å². The minimum Gasteiger partial charge on any atom is -0.355 e. The molecule has 1 aromatic heterocycles. The zero-order chi connectivity index (χ0) is 14.3. The van der Waals surface area contributed by atoms with Crippen LogP contribution >= 0.6 is 0 Å². The number of hydrogen-bond acceptors (Lipinski definition) is 5. The van der Waals surface area contributed by atoms with E-state index in [2.05, 4.69) is 15.5 Å². The van der Waals surface area contributed by atoms with Crippen LogP contribution < -0.4 is 5.32 Å². The number of aromatic nitrogens is 2. The molecule has 0 saturated heterocycles. The van der Waals surface area contributed by atoms with E-state index in [1.165, 1.54) is 0 Å². The lowest BCUT2D eigenvalue weighted by atomic mass is 10.3. The third-order valence-corrected chi connectivity index (χ3v) is 4.10. The van der Waals surface area contributed by atoms with E-state index < -0.39 is 16.0 Å². The van der Waals surface area contributed by atoms with Crippen molar-refractivity contribution in [2.24, 2.45) is 0 Å². The molecule has 0 bridgehead atoms. The van der Waals surface area contributed by atoms with Gasteiger partial charge in [-0.05, 0) is 19.8 Å². The standard InChI is InChI=1S/C12H21N3O3S/c1-4-6-10-14-11(18-15-10)8-19(17)9(3)12(16)13-7-5-2/h9H,4-8H2,1-3H3,(H,13,16)/t9-,19-/m0/s1. The van der Waals surface area contributed by atoms with Gasteiger partial charge in [0.1, 0.15) is 11.0 Å². The smallest absolute Gasteiger partial charge is 0.239 e. The highest BCUT2D eigenvalue weighted by molar-refractivity contribution is 7.85. The molecular weight excluding hydrogens is 266 g/mol. The van der Waals surface area contributed by atoms with Crippen LogP contribution in [0.2, 0.25) is 0 Å². The van der Waals surface area contributed by atoms with Crippen LogP contribution in [0.3, 0.4) is 0 Å². The maximum absolute atomic E-state index is 12.0. The molecule has 0 saturated carbocycles. The van der Waals surface area contributed by atoms with Crippen molar-refractivity contribution < 1.29 is 13.5 Å². The minimum atomic E-state index is -1.35. The lowest BCUT2D eigenvalue weighted by Crippen LogP contribution is -2.36. The fourth-order valence-electron chi connectivity index (χ4n) is 1.43. The van der Waals surface area contributed by atoms with Crippen LogP contribution in [-0.2, 0) is 27.8 Å². The van der Waals surface area contributed by atoms with Crippen LogP contribution in [0.15, 0.2) is 4.52 Å². The fraction of sp³-hybridized carbons (Fsp3) is 0.750. The number of amides is 1. The van der Waals surface area contributed by atoms with Gasteiger partial charge in [-0.15, -0.1) is 0 Å². The van der Waals surface area contributed by atoms with Crippen molar-refractivity contribution in [3.05, 3.63) is 11.7 Å². The van der Waals surface area contributed by atoms with Crippen LogP contribution in [0.1, 0.15) is 45.3 Å². The van der Waals surface area contributed by atoms with Gasteiger partial charge in [0.15, 0.2) is 5.82 Å². The summed E-state index contributed by atoms with van der Waals surface area (Å²) < 4.78 is 17.0. The fourth-order valence-corrected chi connectivity index (χ4v) is 2.36. The Hall–Kier alpha value is -1.24. The van der Waals surface area contributed by atoms with Crippen LogP contribution in [0, 0.1) is 0 Å². The Balaban J connectivity index is 2.50. The quantitative estimate of drug-likeness (QED) is 0.776. The monoisotopic (exact) mass is 287 g/mol. The van der Waals surface area contributed by atoms with E-state index in [0.29, 0.717) is 18.3 Å². The molecule has 1 aromatic rings. The average Bonchev–Trinajstić information content (AvgIpc) is 2.82. The van der Waals surface area contributed by atoms with Crippen molar-refractivity contribution in [1.82, 2.24) is 15.5 Å². The predicted octanol–water partition coefficient (Wildman–Crippen LogP) is 1.19. The molecule has 7 heteroatoms. The third-order valence-electron chi connectivity index (χ3n) is 2.56. The minimum absolute atomic E-state index is 0.122. The van der Waals surface area contributed by atoms with E-state index in [-0.39, 0.29) is 11.7 Å². The van der Waals surface area contributed by atoms with Crippen molar-refractivity contribution in [3.63, 3.8) is 0 Å². The molecule has 0 fully saturated rings. The lowest BCUT2D eigenvalue weighted by Gasteiger charge is -2.10. The molecule has 1 heterocycles. The first-order chi connectivity index (χ1) is 9.08. The molecule has 0 aliphatic carbocycles. The highest BCUT2D eigenvalue weighted by atomic mass is 32.2. The Morgan fingerprint density at radius 1 is 1.42 bits per heavy atom. The average molecular weight is 287 g/mol. The molecule has 1 amide bonds. The summed E-state index contributed by atoms with van der Waals surface area (Å²) in [6, 6.07) is 0. The van der Waals surface area contributed by atoms with E-state index in [1.54, 1.807) is 6.92 Å². The van der Waals surface area contributed by atoms with Crippen molar-refractivity contribution in [2.45, 2.75) is 51.0 Å². The van der Waals surface area contributed by atoms with Gasteiger partial charge in [-0.1, -0.05) is 19.0 Å². The Kier molecular flexibility index (Phi) is 6.69. The summed E-state index contributed by atoms with van der Waals surface area (Å²) in [7, 11) is -1.35. The second-order valence-electron chi connectivity index (χ2n) is 4.31. The van der Waals surface area contributed by atoms with Gasteiger partial charge in [0.2, 0.25) is 11.8 Å².